The van der Waals surface area contributed by atoms with E-state index >= 15 is 0 Å². The third-order valence-corrected chi connectivity index (χ3v) is 2.49. The van der Waals surface area contributed by atoms with Crippen LogP contribution >= 0.6 is 0 Å². The number of fused-ring (bicyclic) bond motifs is 1. The molecule has 1 aromatic heterocycles. The van der Waals surface area contributed by atoms with E-state index < -0.39 is 17.6 Å². The average molecular weight is 251 g/mol. The van der Waals surface area contributed by atoms with Crippen LogP contribution in [0.5, 0.6) is 0 Å². The highest BCUT2D eigenvalue weighted by atomic mass is 16.6. The molecule has 8 nitrogen and oxygen atoms in total. The third-order valence-electron chi connectivity index (χ3n) is 2.49. The first-order valence-electron chi connectivity index (χ1n) is 5.05. The standard InChI is InChI=1S/C10H9N3O5/c14-10(6-12(16)17)9-5-11(15)7-3-1-2-4-8(7)13(9)18/h1-5,10,14H,6H2. The number of nitrogens with zero attached hydrogens (tertiary/aromatic N) is 3. The van der Waals surface area contributed by atoms with Gasteiger partial charge in [0.25, 0.3) is 22.9 Å². The van der Waals surface area contributed by atoms with E-state index in [0.717, 1.165) is 6.20 Å². The number of nitro groups is 1. The van der Waals surface area contributed by atoms with Gasteiger partial charge in [0.05, 0.1) is 0 Å². The topological polar surface area (TPSA) is 117 Å². The van der Waals surface area contributed by atoms with Crippen LogP contribution in [-0.2, 0) is 0 Å². The summed E-state index contributed by atoms with van der Waals surface area (Å²) in [6, 6.07) is 5.99. The maximum Gasteiger partial charge on any atom is 0.294 e. The molecule has 0 saturated carbocycles. The molecule has 1 heterocycles. The molecular formula is C10H9N3O5. The van der Waals surface area contributed by atoms with Gasteiger partial charge in [-0.15, -0.1) is 0 Å². The van der Waals surface area contributed by atoms with Gasteiger partial charge in [-0.3, -0.25) is 10.1 Å². The summed E-state index contributed by atoms with van der Waals surface area (Å²) in [5.41, 5.74) is -0.169. The molecule has 0 amide bonds. The maximum atomic E-state index is 11.9. The van der Waals surface area contributed by atoms with Gasteiger partial charge >= 0.3 is 0 Å². The van der Waals surface area contributed by atoms with Crippen LogP contribution in [0.25, 0.3) is 11.0 Å². The van der Waals surface area contributed by atoms with E-state index in [9.17, 15) is 25.6 Å². The minimum Gasteiger partial charge on any atom is -0.618 e. The molecule has 0 bridgehead atoms. The monoisotopic (exact) mass is 251 g/mol. The molecule has 94 valence electrons. The summed E-state index contributed by atoms with van der Waals surface area (Å²) in [4.78, 5) is 9.54. The van der Waals surface area contributed by atoms with Crippen LogP contribution in [-0.4, -0.2) is 16.6 Å². The molecule has 0 saturated heterocycles. The largest absolute Gasteiger partial charge is 0.618 e. The summed E-state index contributed by atoms with van der Waals surface area (Å²) >= 11 is 0. The number of rotatable bonds is 3. The van der Waals surface area contributed by atoms with Crippen molar-refractivity contribution in [2.75, 3.05) is 6.54 Å². The second-order valence-corrected chi connectivity index (χ2v) is 3.69. The lowest BCUT2D eigenvalue weighted by molar-refractivity contribution is -0.640. The van der Waals surface area contributed by atoms with Crippen molar-refractivity contribution < 1.29 is 19.5 Å². The summed E-state index contributed by atoms with van der Waals surface area (Å²) in [5.74, 6) is 0. The van der Waals surface area contributed by atoms with Crippen molar-refractivity contribution in [2.45, 2.75) is 6.10 Å². The summed E-state index contributed by atoms with van der Waals surface area (Å²) < 4.78 is 0.736. The van der Waals surface area contributed by atoms with Crippen LogP contribution in [0.1, 0.15) is 11.8 Å². The Kier molecular flexibility index (Phi) is 2.94. The zero-order chi connectivity index (χ0) is 13.3. The van der Waals surface area contributed by atoms with Crippen molar-refractivity contribution in [3.05, 3.63) is 56.7 Å². The van der Waals surface area contributed by atoms with E-state index in [2.05, 4.69) is 0 Å². The van der Waals surface area contributed by atoms with Crippen LogP contribution in [0.3, 0.4) is 0 Å². The highest BCUT2D eigenvalue weighted by molar-refractivity contribution is 5.67. The quantitative estimate of drug-likeness (QED) is 0.339. The third kappa shape index (κ3) is 2.00. The Labute approximate surface area is 101 Å². The minimum atomic E-state index is -1.62. The van der Waals surface area contributed by atoms with Crippen molar-refractivity contribution in [1.82, 2.24) is 0 Å². The number of hydrogen-bond acceptors (Lipinski definition) is 5. The first kappa shape index (κ1) is 12.0. The number of aliphatic hydroxyl groups excluding tert-OH is 1. The Morgan fingerprint density at radius 3 is 2.50 bits per heavy atom. The number of hydrogen-bond donors (Lipinski definition) is 1. The molecule has 8 heteroatoms. The van der Waals surface area contributed by atoms with Gasteiger partial charge in [0, 0.05) is 17.1 Å². The highest BCUT2D eigenvalue weighted by Gasteiger charge is 2.28. The second kappa shape index (κ2) is 4.41. The van der Waals surface area contributed by atoms with Crippen LogP contribution < -0.4 is 9.46 Å². The van der Waals surface area contributed by atoms with Gasteiger partial charge in [-0.25, -0.2) is 0 Å². The first-order valence-corrected chi connectivity index (χ1v) is 5.05. The Morgan fingerprint density at radius 1 is 1.28 bits per heavy atom. The van der Waals surface area contributed by atoms with Crippen molar-refractivity contribution in [2.24, 2.45) is 0 Å². The molecule has 2 rings (SSSR count). The molecule has 1 aromatic carbocycles. The number of aromatic nitrogens is 2. The summed E-state index contributed by atoms with van der Waals surface area (Å²) in [6.45, 7) is -0.833. The van der Waals surface area contributed by atoms with Crippen LogP contribution in [0, 0.1) is 20.5 Å². The predicted octanol–water partition coefficient (Wildman–Crippen LogP) is -0.583. The molecular weight excluding hydrogens is 242 g/mol. The van der Waals surface area contributed by atoms with Gasteiger partial charge in [-0.1, -0.05) is 12.1 Å². The predicted molar refractivity (Wildman–Crippen MR) is 58.7 cm³/mol. The Bertz CT molecular complexity index is 616. The molecule has 0 fully saturated rings. The Morgan fingerprint density at radius 2 is 1.89 bits per heavy atom. The highest BCUT2D eigenvalue weighted by Crippen LogP contribution is 2.11. The Balaban J connectivity index is 2.59. The molecule has 0 aliphatic carbocycles. The summed E-state index contributed by atoms with van der Waals surface area (Å²) in [7, 11) is 0. The lowest BCUT2D eigenvalue weighted by Crippen LogP contribution is -2.43. The van der Waals surface area contributed by atoms with Gasteiger partial charge in [0.15, 0.2) is 0 Å². The molecule has 18 heavy (non-hydrogen) atoms. The van der Waals surface area contributed by atoms with E-state index in [-0.39, 0.29) is 16.7 Å². The normalized spacial score (nSPS) is 12.5. The van der Waals surface area contributed by atoms with E-state index in [4.69, 9.17) is 0 Å². The van der Waals surface area contributed by atoms with E-state index in [1.54, 1.807) is 12.1 Å². The second-order valence-electron chi connectivity index (χ2n) is 3.69. The molecule has 0 spiro atoms. The minimum absolute atomic E-state index is 0.0485. The molecule has 0 radical (unpaired) electrons. The van der Waals surface area contributed by atoms with E-state index in [1.165, 1.54) is 12.1 Å². The molecule has 0 aliphatic rings. The van der Waals surface area contributed by atoms with Gasteiger partial charge in [-0.05, 0) is 0 Å². The maximum absolute atomic E-state index is 11.9. The number of aliphatic hydroxyl groups is 1. The zero-order valence-corrected chi connectivity index (χ0v) is 9.09. The fourth-order valence-electron chi connectivity index (χ4n) is 1.66. The fraction of sp³-hybridized carbons (Fsp3) is 0.200. The molecule has 1 atom stereocenters. The lowest BCUT2D eigenvalue weighted by atomic mass is 10.2. The van der Waals surface area contributed by atoms with E-state index in [0.29, 0.717) is 9.46 Å². The van der Waals surface area contributed by atoms with Gasteiger partial charge < -0.3 is 15.5 Å². The Hall–Kier alpha value is -2.48. The van der Waals surface area contributed by atoms with Crippen molar-refractivity contribution in [1.29, 1.82) is 0 Å². The average Bonchev–Trinajstić information content (AvgIpc) is 2.33. The molecule has 2 aromatic rings. The van der Waals surface area contributed by atoms with Crippen LogP contribution in [0.2, 0.25) is 0 Å². The van der Waals surface area contributed by atoms with Gasteiger partial charge in [0.1, 0.15) is 0 Å². The smallest absolute Gasteiger partial charge is 0.294 e. The first-order chi connectivity index (χ1) is 8.50. The van der Waals surface area contributed by atoms with Crippen molar-refractivity contribution >= 4 is 11.0 Å². The van der Waals surface area contributed by atoms with Crippen LogP contribution in [0.4, 0.5) is 0 Å². The SMILES string of the molecule is O=[N+]([O-])CC(O)c1c[n+]([O-])c2ccccc2[n+]1[O-]. The van der Waals surface area contributed by atoms with Gasteiger partial charge in [0.2, 0.25) is 12.6 Å². The number of para-hydroxylation sites is 2. The van der Waals surface area contributed by atoms with Crippen molar-refractivity contribution in [3.63, 3.8) is 0 Å². The van der Waals surface area contributed by atoms with Crippen molar-refractivity contribution in [3.8, 4) is 0 Å². The zero-order valence-electron chi connectivity index (χ0n) is 9.09. The summed E-state index contributed by atoms with van der Waals surface area (Å²) in [5, 5.41) is 43.3. The lowest BCUT2D eigenvalue weighted by Gasteiger charge is -2.09. The summed E-state index contributed by atoms with van der Waals surface area (Å²) in [6.07, 6.45) is -0.772. The van der Waals surface area contributed by atoms with Gasteiger partial charge in [-0.2, -0.15) is 9.46 Å². The molecule has 1 N–H and O–H groups in total. The number of benzene rings is 1. The molecule has 1 unspecified atom stereocenters. The van der Waals surface area contributed by atoms with Crippen LogP contribution in [0.15, 0.2) is 30.5 Å². The van der Waals surface area contributed by atoms with E-state index in [1.807, 2.05) is 0 Å². The molecule has 0 aliphatic heterocycles. The fourth-order valence-corrected chi connectivity index (χ4v) is 1.66.